The Labute approximate surface area is 194 Å². The predicted octanol–water partition coefficient (Wildman–Crippen LogP) is 3.99. The first-order valence-corrected chi connectivity index (χ1v) is 10.9. The van der Waals surface area contributed by atoms with Crippen molar-refractivity contribution in [2.45, 2.75) is 40.8 Å². The van der Waals surface area contributed by atoms with Gasteiger partial charge in [0.05, 0.1) is 18.0 Å². The van der Waals surface area contributed by atoms with Gasteiger partial charge in [-0.25, -0.2) is 4.98 Å². The molecule has 3 aromatic rings. The van der Waals surface area contributed by atoms with Crippen molar-refractivity contribution in [3.63, 3.8) is 0 Å². The minimum absolute atomic E-state index is 0.00801. The van der Waals surface area contributed by atoms with Gasteiger partial charge >= 0.3 is 0 Å². The van der Waals surface area contributed by atoms with Crippen molar-refractivity contribution in [2.24, 2.45) is 16.6 Å². The van der Waals surface area contributed by atoms with Crippen molar-refractivity contribution >= 4 is 22.5 Å². The van der Waals surface area contributed by atoms with E-state index in [0.29, 0.717) is 18.9 Å². The van der Waals surface area contributed by atoms with Crippen LogP contribution in [0.3, 0.4) is 0 Å². The fraction of sp³-hybridized carbons (Fsp3) is 0.308. The van der Waals surface area contributed by atoms with Crippen LogP contribution in [0.25, 0.3) is 10.9 Å². The zero-order valence-corrected chi connectivity index (χ0v) is 19.8. The van der Waals surface area contributed by atoms with E-state index in [0.717, 1.165) is 44.7 Å². The molecule has 0 aliphatic rings. The van der Waals surface area contributed by atoms with E-state index in [1.165, 1.54) is 6.20 Å². The lowest BCUT2D eigenvalue weighted by atomic mass is 10.0. The molecule has 0 saturated carbocycles. The molecule has 1 amide bonds. The summed E-state index contributed by atoms with van der Waals surface area (Å²) in [5.41, 5.74) is 11.8. The van der Waals surface area contributed by atoms with E-state index in [1.54, 1.807) is 19.3 Å². The van der Waals surface area contributed by atoms with Crippen LogP contribution in [0.5, 0.6) is 5.75 Å². The number of ether oxygens (including phenoxy) is 1. The lowest BCUT2D eigenvalue weighted by Gasteiger charge is -2.16. The number of aliphatic imine (C=N–C) groups is 1. The molecule has 2 heterocycles. The summed E-state index contributed by atoms with van der Waals surface area (Å²) in [5.74, 6) is 0.579. The summed E-state index contributed by atoms with van der Waals surface area (Å²) in [6.45, 7) is 8.36. The monoisotopic (exact) mass is 445 g/mol. The topological polar surface area (TPSA) is 102 Å². The van der Waals surface area contributed by atoms with Crippen molar-refractivity contribution in [1.82, 2.24) is 15.3 Å². The number of benzene rings is 1. The van der Waals surface area contributed by atoms with Gasteiger partial charge in [-0.3, -0.25) is 14.8 Å². The van der Waals surface area contributed by atoms with Gasteiger partial charge in [0.1, 0.15) is 17.9 Å². The Morgan fingerprint density at radius 3 is 2.76 bits per heavy atom. The summed E-state index contributed by atoms with van der Waals surface area (Å²) in [6, 6.07) is 9.79. The lowest BCUT2D eigenvalue weighted by molar-refractivity contribution is -0.124. The molecule has 7 heteroatoms. The van der Waals surface area contributed by atoms with Gasteiger partial charge in [0.15, 0.2) is 0 Å². The molecule has 0 saturated heterocycles. The number of amides is 1. The standard InChI is InChI=1S/C26H31N5O2/c1-16(2)26(32)30-14-23-21(17(3)10-12-29-23)15-33-24-8-6-7-19-20(22(28-5)9-11-27)13-18(4)31-25(19)24/h6-13,16H,14-15,27H2,1-5H3,(H,30,32)/b11-9-,28-22?. The highest BCUT2D eigenvalue weighted by Gasteiger charge is 2.15. The number of nitrogens with one attached hydrogen (secondary N) is 1. The van der Waals surface area contributed by atoms with Crippen molar-refractivity contribution in [3.8, 4) is 5.75 Å². The van der Waals surface area contributed by atoms with E-state index < -0.39 is 0 Å². The Balaban J connectivity index is 1.94. The summed E-state index contributed by atoms with van der Waals surface area (Å²) in [5, 5.41) is 3.87. The Morgan fingerprint density at radius 2 is 2.06 bits per heavy atom. The zero-order chi connectivity index (χ0) is 24.0. The summed E-state index contributed by atoms with van der Waals surface area (Å²) in [6.07, 6.45) is 5.01. The number of aryl methyl sites for hydroxylation is 2. The predicted molar refractivity (Wildman–Crippen MR) is 132 cm³/mol. The zero-order valence-electron chi connectivity index (χ0n) is 19.8. The van der Waals surface area contributed by atoms with Gasteiger partial charge in [0, 0.05) is 41.4 Å². The van der Waals surface area contributed by atoms with E-state index >= 15 is 0 Å². The average molecular weight is 446 g/mol. The molecule has 1 aromatic carbocycles. The molecular weight excluding hydrogens is 414 g/mol. The Hall–Kier alpha value is -3.74. The second-order valence-corrected chi connectivity index (χ2v) is 8.15. The van der Waals surface area contributed by atoms with Gasteiger partial charge in [-0.15, -0.1) is 0 Å². The molecule has 0 radical (unpaired) electrons. The first kappa shape index (κ1) is 23.9. The Bertz CT molecular complexity index is 1210. The number of nitrogens with zero attached hydrogens (tertiary/aromatic N) is 3. The van der Waals surface area contributed by atoms with Crippen LogP contribution in [0.15, 0.2) is 53.8 Å². The summed E-state index contributed by atoms with van der Waals surface area (Å²) in [4.78, 5) is 25.6. The summed E-state index contributed by atoms with van der Waals surface area (Å²) >= 11 is 0. The number of para-hydroxylation sites is 1. The molecule has 0 aliphatic carbocycles. The third-order valence-corrected chi connectivity index (χ3v) is 5.41. The molecule has 172 valence electrons. The van der Waals surface area contributed by atoms with Crippen molar-refractivity contribution in [3.05, 3.63) is 76.9 Å². The molecule has 0 fully saturated rings. The number of allylic oxidation sites excluding steroid dienone is 1. The van der Waals surface area contributed by atoms with Crippen LogP contribution in [0.1, 0.15) is 41.9 Å². The van der Waals surface area contributed by atoms with E-state index in [4.69, 9.17) is 15.5 Å². The quantitative estimate of drug-likeness (QED) is 0.511. The minimum atomic E-state index is -0.0839. The highest BCUT2D eigenvalue weighted by molar-refractivity contribution is 6.16. The molecule has 0 aliphatic heterocycles. The number of hydrogen-bond acceptors (Lipinski definition) is 6. The van der Waals surface area contributed by atoms with Crippen LogP contribution in [0, 0.1) is 19.8 Å². The molecule has 2 aromatic heterocycles. The molecule has 0 atom stereocenters. The van der Waals surface area contributed by atoms with E-state index in [9.17, 15) is 4.79 Å². The lowest BCUT2D eigenvalue weighted by Crippen LogP contribution is -2.28. The fourth-order valence-corrected chi connectivity index (χ4v) is 3.57. The number of fused-ring (bicyclic) bond motifs is 1. The van der Waals surface area contributed by atoms with Gasteiger partial charge in [0.25, 0.3) is 0 Å². The maximum atomic E-state index is 12.0. The highest BCUT2D eigenvalue weighted by Crippen LogP contribution is 2.29. The van der Waals surface area contributed by atoms with Crippen LogP contribution >= 0.6 is 0 Å². The van der Waals surface area contributed by atoms with Crippen LogP contribution < -0.4 is 15.8 Å². The van der Waals surface area contributed by atoms with Gasteiger partial charge in [-0.2, -0.15) is 0 Å². The second-order valence-electron chi connectivity index (χ2n) is 8.15. The molecular formula is C26H31N5O2. The maximum Gasteiger partial charge on any atom is 0.222 e. The largest absolute Gasteiger partial charge is 0.487 e. The number of carbonyl (C=O) groups excluding carboxylic acids is 1. The normalized spacial score (nSPS) is 12.0. The molecule has 0 unspecified atom stereocenters. The Kier molecular flexibility index (Phi) is 7.77. The van der Waals surface area contributed by atoms with Crippen molar-refractivity contribution in [2.75, 3.05) is 7.05 Å². The SMILES string of the molecule is CN=C(/C=C\N)c1cc(C)nc2c(OCc3c(C)ccnc3CNC(=O)C(C)C)cccc12. The van der Waals surface area contributed by atoms with E-state index in [2.05, 4.69) is 15.3 Å². The van der Waals surface area contributed by atoms with E-state index in [1.807, 2.05) is 58.0 Å². The molecule has 0 spiro atoms. The summed E-state index contributed by atoms with van der Waals surface area (Å²) in [7, 11) is 1.74. The third kappa shape index (κ3) is 5.55. The molecule has 3 rings (SSSR count). The van der Waals surface area contributed by atoms with Crippen LogP contribution in [0.2, 0.25) is 0 Å². The van der Waals surface area contributed by atoms with Gasteiger partial charge < -0.3 is 15.8 Å². The van der Waals surface area contributed by atoms with Crippen LogP contribution in [0.4, 0.5) is 0 Å². The first-order chi connectivity index (χ1) is 15.8. The van der Waals surface area contributed by atoms with Crippen molar-refractivity contribution < 1.29 is 9.53 Å². The molecule has 33 heavy (non-hydrogen) atoms. The minimum Gasteiger partial charge on any atom is -0.487 e. The molecule has 0 bridgehead atoms. The highest BCUT2D eigenvalue weighted by atomic mass is 16.5. The fourth-order valence-electron chi connectivity index (χ4n) is 3.57. The third-order valence-electron chi connectivity index (χ3n) is 5.41. The number of nitrogens with two attached hydrogens (primary N) is 1. The number of aromatic nitrogens is 2. The summed E-state index contributed by atoms with van der Waals surface area (Å²) < 4.78 is 6.27. The second kappa shape index (κ2) is 10.7. The maximum absolute atomic E-state index is 12.0. The number of hydrogen-bond donors (Lipinski definition) is 2. The average Bonchev–Trinajstić information content (AvgIpc) is 2.79. The van der Waals surface area contributed by atoms with Crippen molar-refractivity contribution in [1.29, 1.82) is 0 Å². The molecule has 3 N–H and O–H groups in total. The van der Waals surface area contributed by atoms with Gasteiger partial charge in [-0.1, -0.05) is 26.0 Å². The van der Waals surface area contributed by atoms with E-state index in [-0.39, 0.29) is 11.8 Å². The number of rotatable bonds is 8. The first-order valence-electron chi connectivity index (χ1n) is 10.9. The smallest absolute Gasteiger partial charge is 0.222 e. The van der Waals surface area contributed by atoms with Crippen LogP contribution in [-0.2, 0) is 17.9 Å². The number of pyridine rings is 2. The Morgan fingerprint density at radius 1 is 1.27 bits per heavy atom. The van der Waals surface area contributed by atoms with Gasteiger partial charge in [0.2, 0.25) is 5.91 Å². The van der Waals surface area contributed by atoms with Crippen LogP contribution in [-0.4, -0.2) is 28.6 Å². The molecule has 7 nitrogen and oxygen atoms in total. The van der Waals surface area contributed by atoms with Gasteiger partial charge in [-0.05, 0) is 49.9 Å². The number of carbonyl (C=O) groups is 1.